The van der Waals surface area contributed by atoms with Gasteiger partial charge >= 0.3 is 5.97 Å². The molecule has 2 unspecified atom stereocenters. The standard InChI is InChI=1S/C21H32N2O6/c1-6-9-22(12(4)5)19(26)17-21-8-7-14(29-21)15(20(27)28)16(21)18(25)23(17)13(10-24)11(2)3/h6,11-17,24H,1,7-10H2,2-5H3,(H,27,28)/t13-,14+,15-,16-,17?,21?/m0/s1. The second-order valence-corrected chi connectivity index (χ2v) is 9.01. The van der Waals surface area contributed by atoms with Crippen LogP contribution in [0.1, 0.15) is 40.5 Å². The molecule has 0 aromatic rings. The third-order valence-corrected chi connectivity index (χ3v) is 6.80. The lowest BCUT2D eigenvalue weighted by atomic mass is 9.70. The van der Waals surface area contributed by atoms with Gasteiger partial charge in [-0.1, -0.05) is 19.9 Å². The Kier molecular flexibility index (Phi) is 5.80. The lowest BCUT2D eigenvalue weighted by Gasteiger charge is -2.41. The summed E-state index contributed by atoms with van der Waals surface area (Å²) in [6, 6.07) is -1.67. The van der Waals surface area contributed by atoms with Gasteiger partial charge in [0.15, 0.2) is 0 Å². The minimum Gasteiger partial charge on any atom is -0.481 e. The minimum absolute atomic E-state index is 0.109. The number of aliphatic carboxylic acids is 1. The number of rotatable bonds is 8. The molecule has 1 spiro atoms. The van der Waals surface area contributed by atoms with Crippen molar-refractivity contribution in [3.63, 3.8) is 0 Å². The number of carboxylic acids is 1. The highest BCUT2D eigenvalue weighted by atomic mass is 16.5. The Balaban J connectivity index is 2.13. The average molecular weight is 408 g/mol. The summed E-state index contributed by atoms with van der Waals surface area (Å²) in [5.41, 5.74) is -1.15. The second kappa shape index (κ2) is 7.72. The van der Waals surface area contributed by atoms with Crippen LogP contribution in [0.2, 0.25) is 0 Å². The molecule has 3 fully saturated rings. The smallest absolute Gasteiger partial charge is 0.310 e. The van der Waals surface area contributed by atoms with Gasteiger partial charge in [0.2, 0.25) is 11.8 Å². The Morgan fingerprint density at radius 1 is 1.38 bits per heavy atom. The van der Waals surface area contributed by atoms with Crippen molar-refractivity contribution in [3.8, 4) is 0 Å². The lowest BCUT2D eigenvalue weighted by molar-refractivity contribution is -0.154. The van der Waals surface area contributed by atoms with Crippen LogP contribution in [0.5, 0.6) is 0 Å². The largest absolute Gasteiger partial charge is 0.481 e. The van der Waals surface area contributed by atoms with E-state index in [2.05, 4.69) is 6.58 Å². The van der Waals surface area contributed by atoms with Crippen molar-refractivity contribution in [1.82, 2.24) is 9.80 Å². The zero-order chi connectivity index (χ0) is 21.7. The van der Waals surface area contributed by atoms with E-state index < -0.39 is 47.5 Å². The van der Waals surface area contributed by atoms with Crippen molar-refractivity contribution in [3.05, 3.63) is 12.7 Å². The van der Waals surface area contributed by atoms with Crippen LogP contribution in [-0.2, 0) is 19.1 Å². The number of ether oxygens (including phenoxy) is 1. The molecule has 0 radical (unpaired) electrons. The molecular formula is C21H32N2O6. The highest BCUT2D eigenvalue weighted by Crippen LogP contribution is 2.59. The molecule has 8 heteroatoms. The topological polar surface area (TPSA) is 107 Å². The normalized spacial score (nSPS) is 34.0. The molecular weight excluding hydrogens is 376 g/mol. The molecule has 2 bridgehead atoms. The summed E-state index contributed by atoms with van der Waals surface area (Å²) in [6.07, 6.45) is 2.04. The summed E-state index contributed by atoms with van der Waals surface area (Å²) in [5, 5.41) is 19.8. The van der Waals surface area contributed by atoms with Crippen LogP contribution in [0.15, 0.2) is 12.7 Å². The molecule has 29 heavy (non-hydrogen) atoms. The van der Waals surface area contributed by atoms with Gasteiger partial charge in [-0.3, -0.25) is 14.4 Å². The first-order valence-corrected chi connectivity index (χ1v) is 10.4. The maximum Gasteiger partial charge on any atom is 0.310 e. The summed E-state index contributed by atoms with van der Waals surface area (Å²) in [5.74, 6) is -3.72. The van der Waals surface area contributed by atoms with E-state index in [1.807, 2.05) is 27.7 Å². The number of carbonyl (C=O) groups is 3. The fraction of sp³-hybridized carbons (Fsp3) is 0.762. The zero-order valence-electron chi connectivity index (χ0n) is 17.6. The van der Waals surface area contributed by atoms with Crippen molar-refractivity contribution < 1.29 is 29.3 Å². The maximum atomic E-state index is 13.8. The Bertz CT molecular complexity index is 707. The van der Waals surface area contributed by atoms with Gasteiger partial charge in [0.1, 0.15) is 11.6 Å². The summed E-state index contributed by atoms with van der Waals surface area (Å²) < 4.78 is 6.18. The molecule has 3 heterocycles. The number of carbonyl (C=O) groups excluding carboxylic acids is 2. The third kappa shape index (κ3) is 3.08. The van der Waals surface area contributed by atoms with E-state index in [1.165, 1.54) is 4.90 Å². The van der Waals surface area contributed by atoms with E-state index in [-0.39, 0.29) is 24.5 Å². The van der Waals surface area contributed by atoms with Crippen molar-refractivity contribution in [2.24, 2.45) is 17.8 Å². The van der Waals surface area contributed by atoms with E-state index in [9.17, 15) is 24.6 Å². The predicted octanol–water partition coefficient (Wildman–Crippen LogP) is 0.886. The number of likely N-dealkylation sites (tertiary alicyclic amines) is 1. The third-order valence-electron chi connectivity index (χ3n) is 6.80. The number of hydrogen-bond acceptors (Lipinski definition) is 5. The van der Waals surface area contributed by atoms with Crippen LogP contribution in [0.3, 0.4) is 0 Å². The van der Waals surface area contributed by atoms with Crippen LogP contribution < -0.4 is 0 Å². The van der Waals surface area contributed by atoms with Crippen molar-refractivity contribution >= 4 is 17.8 Å². The van der Waals surface area contributed by atoms with E-state index in [0.717, 1.165) is 0 Å². The maximum absolute atomic E-state index is 13.8. The molecule has 3 aliphatic rings. The zero-order valence-corrected chi connectivity index (χ0v) is 17.6. The first-order valence-electron chi connectivity index (χ1n) is 10.4. The van der Waals surface area contributed by atoms with Crippen LogP contribution >= 0.6 is 0 Å². The number of nitrogens with zero attached hydrogens (tertiary/aromatic N) is 2. The highest BCUT2D eigenvalue weighted by molar-refractivity contribution is 5.98. The van der Waals surface area contributed by atoms with Gasteiger partial charge in [0.05, 0.1) is 30.6 Å². The SMILES string of the molecule is C=CCN(C(=O)C1N([C@@H](CO)C(C)C)C(=O)[C@@H]2[C@@H](C(=O)O)[C@H]3CCC12O3)C(C)C. The van der Waals surface area contributed by atoms with Crippen molar-refractivity contribution in [2.45, 2.75) is 70.4 Å². The van der Waals surface area contributed by atoms with Gasteiger partial charge in [0, 0.05) is 12.6 Å². The summed E-state index contributed by atoms with van der Waals surface area (Å²) in [4.78, 5) is 42.3. The fourth-order valence-corrected chi connectivity index (χ4v) is 5.48. The minimum atomic E-state index is -1.15. The van der Waals surface area contributed by atoms with E-state index in [4.69, 9.17) is 4.74 Å². The molecule has 0 aliphatic carbocycles. The van der Waals surface area contributed by atoms with Crippen LogP contribution in [0, 0.1) is 17.8 Å². The first-order chi connectivity index (χ1) is 13.6. The van der Waals surface area contributed by atoms with E-state index in [1.54, 1.807) is 11.0 Å². The van der Waals surface area contributed by atoms with E-state index in [0.29, 0.717) is 19.4 Å². The Morgan fingerprint density at radius 2 is 2.03 bits per heavy atom. The molecule has 6 atom stereocenters. The predicted molar refractivity (Wildman–Crippen MR) is 105 cm³/mol. The summed E-state index contributed by atoms with van der Waals surface area (Å²) in [6.45, 7) is 11.3. The first kappa shape index (κ1) is 21.8. The van der Waals surface area contributed by atoms with Gasteiger partial charge in [-0.2, -0.15) is 0 Å². The van der Waals surface area contributed by atoms with Crippen molar-refractivity contribution in [1.29, 1.82) is 0 Å². The number of carboxylic acid groups (broad SMARTS) is 1. The number of aliphatic hydroxyl groups is 1. The number of hydrogen-bond donors (Lipinski definition) is 2. The Morgan fingerprint density at radius 3 is 2.52 bits per heavy atom. The molecule has 0 saturated carbocycles. The lowest BCUT2D eigenvalue weighted by Crippen LogP contribution is -2.60. The Labute approximate surface area is 171 Å². The quantitative estimate of drug-likeness (QED) is 0.578. The highest BCUT2D eigenvalue weighted by Gasteiger charge is 2.75. The number of fused-ring (bicyclic) bond motifs is 1. The molecule has 3 aliphatic heterocycles. The molecule has 2 amide bonds. The number of amides is 2. The molecule has 0 aromatic carbocycles. The van der Waals surface area contributed by atoms with Crippen LogP contribution in [0.25, 0.3) is 0 Å². The second-order valence-electron chi connectivity index (χ2n) is 9.01. The summed E-state index contributed by atoms with van der Waals surface area (Å²) >= 11 is 0. The molecule has 8 nitrogen and oxygen atoms in total. The van der Waals surface area contributed by atoms with Crippen LogP contribution in [0.4, 0.5) is 0 Å². The van der Waals surface area contributed by atoms with Gasteiger partial charge in [0.25, 0.3) is 0 Å². The Hall–Kier alpha value is -1.93. The number of aliphatic hydroxyl groups excluding tert-OH is 1. The van der Waals surface area contributed by atoms with Gasteiger partial charge in [-0.15, -0.1) is 6.58 Å². The van der Waals surface area contributed by atoms with Crippen LogP contribution in [-0.4, -0.2) is 80.8 Å². The molecule has 2 N–H and O–H groups in total. The van der Waals surface area contributed by atoms with Gasteiger partial charge < -0.3 is 24.7 Å². The van der Waals surface area contributed by atoms with Crippen molar-refractivity contribution in [2.75, 3.05) is 13.2 Å². The molecule has 3 rings (SSSR count). The van der Waals surface area contributed by atoms with Gasteiger partial charge in [-0.05, 0) is 32.6 Å². The average Bonchev–Trinajstić information content (AvgIpc) is 3.27. The van der Waals surface area contributed by atoms with Gasteiger partial charge in [-0.25, -0.2) is 0 Å². The molecule has 162 valence electrons. The fourth-order valence-electron chi connectivity index (χ4n) is 5.48. The molecule has 0 aromatic heterocycles. The van der Waals surface area contributed by atoms with E-state index >= 15 is 0 Å². The summed E-state index contributed by atoms with van der Waals surface area (Å²) in [7, 11) is 0. The molecule has 3 saturated heterocycles. The monoisotopic (exact) mass is 408 g/mol.